The molecular formula is C21H24BFN2O2. The van der Waals surface area contributed by atoms with E-state index in [1.54, 1.807) is 61.7 Å². The van der Waals surface area contributed by atoms with Gasteiger partial charge in [0.05, 0.1) is 14.1 Å². The highest BCUT2D eigenvalue weighted by Crippen LogP contribution is 2.36. The summed E-state index contributed by atoms with van der Waals surface area (Å²) < 4.78 is 23.2. The number of carbonyl (C=O) groups excluding carboxylic acids is 1. The van der Waals surface area contributed by atoms with Crippen molar-refractivity contribution in [3.8, 4) is 0 Å². The van der Waals surface area contributed by atoms with Gasteiger partial charge in [0.2, 0.25) is 0 Å². The molecule has 0 aromatic heterocycles. The van der Waals surface area contributed by atoms with Gasteiger partial charge in [-0.2, -0.15) is 0 Å². The van der Waals surface area contributed by atoms with Crippen molar-refractivity contribution in [3.63, 3.8) is 0 Å². The van der Waals surface area contributed by atoms with Crippen LogP contribution in [0.3, 0.4) is 0 Å². The third-order valence-electron chi connectivity index (χ3n) is 4.88. The molecule has 2 aromatic carbocycles. The molecule has 6 heteroatoms. The minimum Gasteiger partial charge on any atom is -0.619 e. The first-order valence-electron chi connectivity index (χ1n) is 8.99. The zero-order chi connectivity index (χ0) is 19.5. The highest BCUT2D eigenvalue weighted by molar-refractivity contribution is 6.76. The van der Waals surface area contributed by atoms with Gasteiger partial charge in [-0.25, -0.2) is 0 Å². The summed E-state index contributed by atoms with van der Waals surface area (Å²) in [4.78, 5) is 14.8. The number of halogens is 1. The second-order valence-corrected chi connectivity index (χ2v) is 7.14. The summed E-state index contributed by atoms with van der Waals surface area (Å²) in [5.74, 6) is -0.573. The van der Waals surface area contributed by atoms with Crippen LogP contribution in [0.1, 0.15) is 12.0 Å². The van der Waals surface area contributed by atoms with Crippen molar-refractivity contribution in [2.24, 2.45) is 0 Å². The van der Waals surface area contributed by atoms with Crippen molar-refractivity contribution in [2.75, 3.05) is 14.1 Å². The van der Waals surface area contributed by atoms with Gasteiger partial charge in [-0.1, -0.05) is 72.2 Å². The Morgan fingerprint density at radius 3 is 2.30 bits per heavy atom. The molecule has 0 saturated carbocycles. The highest BCUT2D eigenvalue weighted by Gasteiger charge is 2.61. The Kier molecular flexibility index (Phi) is 5.17. The van der Waals surface area contributed by atoms with E-state index in [1.165, 1.54) is 4.49 Å². The summed E-state index contributed by atoms with van der Waals surface area (Å²) in [6, 6.07) is 18.2. The Balaban J connectivity index is 2.19. The maximum atomic E-state index is 16.3. The van der Waals surface area contributed by atoms with Crippen LogP contribution in [0, 0.1) is 0 Å². The zero-order valence-electron chi connectivity index (χ0n) is 15.7. The van der Waals surface area contributed by atoms with Crippen LogP contribution in [-0.4, -0.2) is 48.1 Å². The maximum absolute atomic E-state index is 16.3. The van der Waals surface area contributed by atoms with Crippen LogP contribution in [0.25, 0.3) is 0 Å². The predicted molar refractivity (Wildman–Crippen MR) is 107 cm³/mol. The number of nitrogens with zero attached hydrogens (tertiary/aromatic N) is 2. The van der Waals surface area contributed by atoms with E-state index in [2.05, 4.69) is 6.58 Å². The standard InChI is InChI=1S/C21H24BFN2O2/c1-4-15-21(16-18-11-7-5-8-12-18)20(26)27-22(23,25(21)17-24(2)3)19-13-9-6-10-14-19/h4-14,17H,1,15-16H2,2-3H3/b25-17-/t21-,22+/m1/s1. The number of rotatable bonds is 6. The van der Waals surface area contributed by atoms with Crippen LogP contribution in [0.2, 0.25) is 0 Å². The predicted octanol–water partition coefficient (Wildman–Crippen LogP) is 2.52. The van der Waals surface area contributed by atoms with Crippen LogP contribution in [0.15, 0.2) is 73.3 Å². The van der Waals surface area contributed by atoms with Crippen LogP contribution in [0.4, 0.5) is 4.32 Å². The fraction of sp³-hybridized carbons (Fsp3) is 0.238. The fourth-order valence-electron chi connectivity index (χ4n) is 3.69. The van der Waals surface area contributed by atoms with Gasteiger partial charge in [0.15, 0.2) is 11.9 Å². The maximum Gasteiger partial charge on any atom is 0.568 e. The molecule has 0 amide bonds. The van der Waals surface area contributed by atoms with Crippen LogP contribution >= 0.6 is 0 Å². The zero-order valence-corrected chi connectivity index (χ0v) is 15.7. The molecule has 1 saturated heterocycles. The van der Waals surface area contributed by atoms with Gasteiger partial charge in [-0.3, -0.25) is 9.69 Å². The molecule has 1 aliphatic rings. The van der Waals surface area contributed by atoms with Gasteiger partial charge in [0, 0.05) is 12.8 Å². The van der Waals surface area contributed by atoms with E-state index in [0.717, 1.165) is 5.56 Å². The minimum absolute atomic E-state index is 0.269. The topological polar surface area (TPSA) is 32.6 Å². The van der Waals surface area contributed by atoms with Crippen LogP contribution in [-0.2, 0) is 15.9 Å². The average molecular weight is 366 g/mol. The van der Waals surface area contributed by atoms with Crippen LogP contribution in [0.5, 0.6) is 0 Å². The van der Waals surface area contributed by atoms with Crippen molar-refractivity contribution >= 4 is 24.5 Å². The largest absolute Gasteiger partial charge is 0.619 e. The van der Waals surface area contributed by atoms with Crippen molar-refractivity contribution < 1.29 is 18.3 Å². The summed E-state index contributed by atoms with van der Waals surface area (Å²) in [5, 5.41) is 0. The van der Waals surface area contributed by atoms with E-state index in [-0.39, 0.29) is 6.42 Å². The molecule has 4 nitrogen and oxygen atoms in total. The molecule has 3 rings (SSSR count). The Hall–Kier alpha value is -2.89. The fourth-order valence-corrected chi connectivity index (χ4v) is 3.69. The van der Waals surface area contributed by atoms with E-state index in [4.69, 9.17) is 4.65 Å². The van der Waals surface area contributed by atoms with Gasteiger partial charge >= 0.3 is 12.7 Å². The first kappa shape index (κ1) is 18.9. The Labute approximate surface area is 159 Å². The molecule has 0 radical (unpaired) electrons. The second-order valence-electron chi connectivity index (χ2n) is 7.14. The third-order valence-corrected chi connectivity index (χ3v) is 4.88. The van der Waals surface area contributed by atoms with Gasteiger partial charge in [0.1, 0.15) is 0 Å². The lowest BCUT2D eigenvalue weighted by atomic mass is 9.65. The Morgan fingerprint density at radius 2 is 1.74 bits per heavy atom. The molecular weight excluding hydrogens is 342 g/mol. The molecule has 2 atom stereocenters. The molecule has 1 aliphatic heterocycles. The lowest BCUT2D eigenvalue weighted by Crippen LogP contribution is -2.59. The van der Waals surface area contributed by atoms with Crippen molar-refractivity contribution in [1.82, 2.24) is 4.90 Å². The second kappa shape index (κ2) is 7.39. The lowest BCUT2D eigenvalue weighted by Gasteiger charge is -2.33. The normalized spacial score (nSPS) is 26.0. The molecule has 2 aromatic rings. The molecule has 0 N–H and O–H groups in total. The van der Waals surface area contributed by atoms with Crippen molar-refractivity contribution in [2.45, 2.75) is 18.4 Å². The minimum atomic E-state index is -3.21. The van der Waals surface area contributed by atoms with E-state index in [1.807, 2.05) is 30.3 Å². The number of benzene rings is 2. The lowest BCUT2D eigenvalue weighted by molar-refractivity contribution is -0.479. The Bertz CT molecular complexity index is 857. The average Bonchev–Trinajstić information content (AvgIpc) is 2.85. The number of hydrogen-bond acceptors (Lipinski definition) is 2. The van der Waals surface area contributed by atoms with Crippen molar-refractivity contribution in [3.05, 3.63) is 78.9 Å². The van der Waals surface area contributed by atoms with Gasteiger partial charge < -0.3 is 13.5 Å². The molecule has 1 fully saturated rings. The number of hydrogen-bond donors (Lipinski definition) is 0. The first-order valence-corrected chi connectivity index (χ1v) is 8.99. The molecule has 27 heavy (non-hydrogen) atoms. The van der Waals surface area contributed by atoms with E-state index >= 15 is 4.32 Å². The molecule has 1 heterocycles. The van der Waals surface area contributed by atoms with Gasteiger partial charge in [-0.05, 0) is 5.56 Å². The summed E-state index contributed by atoms with van der Waals surface area (Å²) in [6.45, 7) is 0.596. The molecule has 0 unspecified atom stereocenters. The van der Waals surface area contributed by atoms with Crippen molar-refractivity contribution in [1.29, 1.82) is 0 Å². The molecule has 140 valence electrons. The van der Waals surface area contributed by atoms with Gasteiger partial charge in [0.25, 0.3) is 0 Å². The van der Waals surface area contributed by atoms with Crippen LogP contribution < -0.4 is 5.46 Å². The van der Waals surface area contributed by atoms with Gasteiger partial charge in [-0.15, -0.1) is 6.58 Å². The Morgan fingerprint density at radius 1 is 1.15 bits per heavy atom. The molecule has 0 spiro atoms. The number of carbonyl (C=O) groups is 1. The molecule has 0 aliphatic carbocycles. The highest BCUT2D eigenvalue weighted by atomic mass is 19.1. The monoisotopic (exact) mass is 366 g/mol. The summed E-state index contributed by atoms with van der Waals surface area (Å²) in [6.07, 6.45) is 3.85. The summed E-state index contributed by atoms with van der Waals surface area (Å²) >= 11 is 0. The smallest absolute Gasteiger partial charge is 0.568 e. The van der Waals surface area contributed by atoms with E-state index in [9.17, 15) is 4.79 Å². The van der Waals surface area contributed by atoms with E-state index < -0.39 is 18.3 Å². The molecule has 0 bridgehead atoms. The first-order chi connectivity index (χ1) is 12.9. The quantitative estimate of drug-likeness (QED) is 0.448. The SMILES string of the molecule is C=CC[C@@]1(Cc2ccccc2)C(=O)O[B@-](F)(c2ccccc2)/[N+]1=C\N(C)C. The summed E-state index contributed by atoms with van der Waals surface area (Å²) in [7, 11) is 3.59. The third kappa shape index (κ3) is 3.39. The van der Waals surface area contributed by atoms with E-state index in [0.29, 0.717) is 11.9 Å². The summed E-state index contributed by atoms with van der Waals surface area (Å²) in [5.41, 5.74) is 0.0716.